The van der Waals surface area contributed by atoms with Crippen molar-refractivity contribution in [1.29, 1.82) is 0 Å². The van der Waals surface area contributed by atoms with E-state index in [2.05, 4.69) is 0 Å². The highest BCUT2D eigenvalue weighted by Gasteiger charge is 2.22. The standard InChI is InChI=1S/C23H20N4O7/c1-25-22(30)20(21(24)26(23(25)31)13-16-5-3-2-4-6-16)18(28)14-34-19(29)12-9-15-7-10-17(11-8-15)27(32)33/h2-12H,13-14,24H2,1H3. The number of carbonyl (C=O) groups excluding carboxylic acids is 2. The maximum absolute atomic E-state index is 12.7. The van der Waals surface area contributed by atoms with Crippen molar-refractivity contribution in [3.63, 3.8) is 0 Å². The molecule has 0 saturated carbocycles. The number of nitrogen functional groups attached to an aromatic ring is 1. The van der Waals surface area contributed by atoms with Crippen molar-refractivity contribution in [3.05, 3.63) is 108 Å². The summed E-state index contributed by atoms with van der Waals surface area (Å²) < 4.78 is 6.77. The molecule has 0 unspecified atom stereocenters. The van der Waals surface area contributed by atoms with Crippen LogP contribution in [-0.4, -0.2) is 32.4 Å². The second kappa shape index (κ2) is 10.2. The molecule has 0 saturated heterocycles. The van der Waals surface area contributed by atoms with Crippen LogP contribution >= 0.6 is 0 Å². The molecule has 0 radical (unpaired) electrons. The number of hydrogen-bond donors (Lipinski definition) is 1. The minimum atomic E-state index is -0.894. The number of benzene rings is 2. The van der Waals surface area contributed by atoms with Crippen LogP contribution in [0.15, 0.2) is 70.3 Å². The van der Waals surface area contributed by atoms with Gasteiger partial charge in [-0.2, -0.15) is 0 Å². The SMILES string of the molecule is Cn1c(=O)c(C(=O)COC(=O)C=Cc2ccc([N+](=O)[O-])cc2)c(N)n(Cc2ccccc2)c1=O. The number of Topliss-reactive ketones (excluding diaryl/α,β-unsaturated/α-hetero) is 1. The molecule has 3 aromatic rings. The number of aromatic nitrogens is 2. The van der Waals surface area contributed by atoms with Crippen molar-refractivity contribution in [2.24, 2.45) is 7.05 Å². The Morgan fingerprint density at radius 1 is 1.09 bits per heavy atom. The first kappa shape index (κ1) is 23.9. The minimum Gasteiger partial charge on any atom is -0.454 e. The Bertz CT molecular complexity index is 1390. The maximum atomic E-state index is 12.7. The first-order valence-corrected chi connectivity index (χ1v) is 9.94. The van der Waals surface area contributed by atoms with Crippen molar-refractivity contribution < 1.29 is 19.2 Å². The van der Waals surface area contributed by atoms with Gasteiger partial charge in [0.25, 0.3) is 11.2 Å². The molecule has 3 rings (SSSR count). The molecule has 0 atom stereocenters. The number of nitro benzene ring substituents is 1. The van der Waals surface area contributed by atoms with E-state index < -0.39 is 40.1 Å². The Kier molecular flexibility index (Phi) is 7.16. The highest BCUT2D eigenvalue weighted by molar-refractivity contribution is 6.02. The van der Waals surface area contributed by atoms with Crippen LogP contribution in [-0.2, 0) is 23.1 Å². The number of ether oxygens (including phenoxy) is 1. The summed E-state index contributed by atoms with van der Waals surface area (Å²) in [6.07, 6.45) is 2.39. The number of anilines is 1. The van der Waals surface area contributed by atoms with Gasteiger partial charge in [0.05, 0.1) is 11.5 Å². The third-order valence-electron chi connectivity index (χ3n) is 4.91. The zero-order chi connectivity index (χ0) is 24.8. The monoisotopic (exact) mass is 464 g/mol. The van der Waals surface area contributed by atoms with Gasteiger partial charge >= 0.3 is 11.7 Å². The molecule has 0 bridgehead atoms. The van der Waals surface area contributed by atoms with Crippen molar-refractivity contribution >= 4 is 29.3 Å². The van der Waals surface area contributed by atoms with Crippen molar-refractivity contribution in [2.75, 3.05) is 12.3 Å². The van der Waals surface area contributed by atoms with Gasteiger partial charge in [-0.25, -0.2) is 9.59 Å². The first-order chi connectivity index (χ1) is 16.2. The topological polar surface area (TPSA) is 157 Å². The predicted octanol–water partition coefficient (Wildman–Crippen LogP) is 1.52. The van der Waals surface area contributed by atoms with E-state index in [0.29, 0.717) is 5.56 Å². The van der Waals surface area contributed by atoms with Crippen LogP contribution in [0.5, 0.6) is 0 Å². The summed E-state index contributed by atoms with van der Waals surface area (Å²) in [5.74, 6) is -2.06. The Hall–Kier alpha value is -4.80. The summed E-state index contributed by atoms with van der Waals surface area (Å²) in [6.45, 7) is -0.732. The smallest absolute Gasteiger partial charge is 0.332 e. The van der Waals surface area contributed by atoms with Gasteiger partial charge in [-0.15, -0.1) is 0 Å². The van der Waals surface area contributed by atoms with Crippen molar-refractivity contribution in [3.8, 4) is 0 Å². The Morgan fingerprint density at radius 3 is 2.35 bits per heavy atom. The minimum absolute atomic E-state index is 0.0394. The average molecular weight is 464 g/mol. The fourth-order valence-corrected chi connectivity index (χ4v) is 3.09. The van der Waals surface area contributed by atoms with Gasteiger partial charge in [-0.05, 0) is 29.3 Å². The summed E-state index contributed by atoms with van der Waals surface area (Å²) in [6, 6.07) is 14.3. The van der Waals surface area contributed by atoms with Gasteiger partial charge in [-0.3, -0.25) is 28.8 Å². The predicted molar refractivity (Wildman–Crippen MR) is 123 cm³/mol. The molecular weight excluding hydrogens is 444 g/mol. The van der Waals surface area contributed by atoms with E-state index in [9.17, 15) is 29.3 Å². The van der Waals surface area contributed by atoms with E-state index in [1.807, 2.05) is 0 Å². The molecule has 0 spiro atoms. The lowest BCUT2D eigenvalue weighted by molar-refractivity contribution is -0.384. The number of non-ortho nitro benzene ring substituents is 1. The second-order valence-electron chi connectivity index (χ2n) is 7.19. The number of rotatable bonds is 8. The summed E-state index contributed by atoms with van der Waals surface area (Å²) in [5.41, 5.74) is 5.10. The number of nitrogens with two attached hydrogens (primary N) is 1. The zero-order valence-corrected chi connectivity index (χ0v) is 18.0. The molecule has 0 aliphatic rings. The molecule has 11 nitrogen and oxygen atoms in total. The highest BCUT2D eigenvalue weighted by atomic mass is 16.6. The van der Waals surface area contributed by atoms with E-state index in [1.54, 1.807) is 30.3 Å². The number of carbonyl (C=O) groups is 2. The Labute approximate surface area is 192 Å². The second-order valence-corrected chi connectivity index (χ2v) is 7.19. The molecule has 0 amide bonds. The normalized spacial score (nSPS) is 10.9. The van der Waals surface area contributed by atoms with Gasteiger partial charge in [-0.1, -0.05) is 30.3 Å². The average Bonchev–Trinajstić information content (AvgIpc) is 2.83. The molecule has 34 heavy (non-hydrogen) atoms. The van der Waals surface area contributed by atoms with Gasteiger partial charge in [0, 0.05) is 25.3 Å². The number of nitrogens with zero attached hydrogens (tertiary/aromatic N) is 3. The van der Waals surface area contributed by atoms with Crippen LogP contribution in [0.3, 0.4) is 0 Å². The summed E-state index contributed by atoms with van der Waals surface area (Å²) in [4.78, 5) is 59.8. The van der Waals surface area contributed by atoms with Gasteiger partial charge in [0.1, 0.15) is 11.4 Å². The third-order valence-corrected chi connectivity index (χ3v) is 4.91. The summed E-state index contributed by atoms with van der Waals surface area (Å²) >= 11 is 0. The molecule has 1 aromatic heterocycles. The molecule has 0 fully saturated rings. The summed E-state index contributed by atoms with van der Waals surface area (Å²) in [7, 11) is 1.22. The van der Waals surface area contributed by atoms with Gasteiger partial charge in [0.2, 0.25) is 5.78 Å². The fourth-order valence-electron chi connectivity index (χ4n) is 3.09. The van der Waals surface area contributed by atoms with E-state index in [-0.39, 0.29) is 18.1 Å². The number of ketones is 1. The lowest BCUT2D eigenvalue weighted by atomic mass is 10.2. The van der Waals surface area contributed by atoms with E-state index in [1.165, 1.54) is 37.4 Å². The lowest BCUT2D eigenvalue weighted by Crippen LogP contribution is -2.43. The Morgan fingerprint density at radius 2 is 1.74 bits per heavy atom. The van der Waals surface area contributed by atoms with Crippen LogP contribution in [0.25, 0.3) is 6.08 Å². The first-order valence-electron chi connectivity index (χ1n) is 9.94. The number of nitro groups is 1. The highest BCUT2D eigenvalue weighted by Crippen LogP contribution is 2.13. The van der Waals surface area contributed by atoms with Crippen molar-refractivity contribution in [1.82, 2.24) is 9.13 Å². The maximum Gasteiger partial charge on any atom is 0.332 e. The van der Waals surface area contributed by atoms with Gasteiger partial charge in [0.15, 0.2) is 6.61 Å². The molecule has 2 aromatic carbocycles. The number of esters is 1. The molecule has 0 aliphatic carbocycles. The molecular formula is C23H20N4O7. The molecule has 2 N–H and O–H groups in total. The molecule has 1 heterocycles. The van der Waals surface area contributed by atoms with Crippen LogP contribution in [0.1, 0.15) is 21.5 Å². The van der Waals surface area contributed by atoms with Crippen LogP contribution in [0.4, 0.5) is 11.5 Å². The van der Waals surface area contributed by atoms with E-state index >= 15 is 0 Å². The Balaban J connectivity index is 1.75. The molecule has 11 heteroatoms. The molecule has 174 valence electrons. The van der Waals surface area contributed by atoms with Crippen LogP contribution < -0.4 is 17.0 Å². The van der Waals surface area contributed by atoms with E-state index in [4.69, 9.17) is 10.5 Å². The largest absolute Gasteiger partial charge is 0.454 e. The summed E-state index contributed by atoms with van der Waals surface area (Å²) in [5, 5.41) is 10.7. The third kappa shape index (κ3) is 5.33. The van der Waals surface area contributed by atoms with Gasteiger partial charge < -0.3 is 10.5 Å². The van der Waals surface area contributed by atoms with Crippen LogP contribution in [0.2, 0.25) is 0 Å². The molecule has 0 aliphatic heterocycles. The zero-order valence-electron chi connectivity index (χ0n) is 18.0. The fraction of sp³-hybridized carbons (Fsp3) is 0.130. The quantitative estimate of drug-likeness (QED) is 0.173. The number of hydrogen-bond acceptors (Lipinski definition) is 8. The van der Waals surface area contributed by atoms with Crippen molar-refractivity contribution in [2.45, 2.75) is 6.54 Å². The van der Waals surface area contributed by atoms with E-state index in [0.717, 1.165) is 20.8 Å². The van der Waals surface area contributed by atoms with Crippen LogP contribution in [0, 0.1) is 10.1 Å². The lowest BCUT2D eigenvalue weighted by Gasteiger charge is -2.14.